The smallest absolute Gasteiger partial charge is 0.340 e. The number of halogens is 2. The Balaban J connectivity index is 2.08. The van der Waals surface area contributed by atoms with Crippen LogP contribution in [0.1, 0.15) is 16.8 Å². The van der Waals surface area contributed by atoms with Crippen molar-refractivity contribution < 1.29 is 26.7 Å². The van der Waals surface area contributed by atoms with Crippen molar-refractivity contribution in [3.8, 4) is 0 Å². The van der Waals surface area contributed by atoms with Gasteiger partial charge < -0.3 is 10.1 Å². The summed E-state index contributed by atoms with van der Waals surface area (Å²) in [6, 6.07) is 2.35. The Morgan fingerprint density at radius 1 is 1.38 bits per heavy atom. The topological polar surface area (TPSA) is 72.5 Å². The van der Waals surface area contributed by atoms with Gasteiger partial charge in [0.1, 0.15) is 0 Å². The number of sulfone groups is 1. The van der Waals surface area contributed by atoms with E-state index in [1.807, 2.05) is 0 Å². The number of carbonyl (C=O) groups excluding carboxylic acids is 1. The first-order valence-electron chi connectivity index (χ1n) is 6.34. The zero-order chi connectivity index (χ0) is 15.6. The van der Waals surface area contributed by atoms with E-state index in [9.17, 15) is 22.0 Å². The van der Waals surface area contributed by atoms with Crippen LogP contribution in [0, 0.1) is 17.6 Å². The number of esters is 1. The number of benzene rings is 1. The van der Waals surface area contributed by atoms with E-state index in [2.05, 4.69) is 10.1 Å². The molecule has 1 unspecified atom stereocenters. The maximum Gasteiger partial charge on any atom is 0.340 e. The third kappa shape index (κ3) is 3.49. The molecule has 2 rings (SSSR count). The van der Waals surface area contributed by atoms with Crippen molar-refractivity contribution in [2.45, 2.75) is 6.42 Å². The van der Waals surface area contributed by atoms with Crippen LogP contribution in [0.4, 0.5) is 14.5 Å². The molecule has 0 aliphatic carbocycles. The van der Waals surface area contributed by atoms with E-state index >= 15 is 0 Å². The van der Waals surface area contributed by atoms with Gasteiger partial charge >= 0.3 is 5.97 Å². The highest BCUT2D eigenvalue weighted by Gasteiger charge is 2.28. The number of nitrogens with one attached hydrogen (secondary N) is 1. The largest absolute Gasteiger partial charge is 0.465 e. The Morgan fingerprint density at radius 2 is 2.10 bits per heavy atom. The van der Waals surface area contributed by atoms with E-state index in [0.717, 1.165) is 13.2 Å². The number of hydrogen-bond donors (Lipinski definition) is 1. The molecule has 1 aromatic carbocycles. The second-order valence-corrected chi connectivity index (χ2v) is 7.16. The molecule has 0 spiro atoms. The summed E-state index contributed by atoms with van der Waals surface area (Å²) in [5, 5.41) is 2.69. The van der Waals surface area contributed by atoms with Crippen molar-refractivity contribution in [3.63, 3.8) is 0 Å². The fourth-order valence-electron chi connectivity index (χ4n) is 2.24. The minimum atomic E-state index is -3.01. The Hall–Kier alpha value is -1.70. The van der Waals surface area contributed by atoms with Gasteiger partial charge in [0.15, 0.2) is 21.5 Å². The standard InChI is InChI=1S/C13H15F2NO4S/c1-20-13(17)9-2-3-10(12(15)11(9)14)16-6-8-4-5-21(18,19)7-8/h2-3,8,16H,4-7H2,1H3. The SMILES string of the molecule is COC(=O)c1ccc(NCC2CCS(=O)(=O)C2)c(F)c1F. The number of hydrogen-bond acceptors (Lipinski definition) is 5. The molecule has 1 heterocycles. The number of anilines is 1. The molecule has 0 bridgehead atoms. The lowest BCUT2D eigenvalue weighted by Crippen LogP contribution is -2.17. The first-order chi connectivity index (χ1) is 9.84. The van der Waals surface area contributed by atoms with Crippen LogP contribution in [0.2, 0.25) is 0 Å². The van der Waals surface area contributed by atoms with Gasteiger partial charge in [0.2, 0.25) is 0 Å². The maximum absolute atomic E-state index is 13.8. The number of methoxy groups -OCH3 is 1. The summed E-state index contributed by atoms with van der Waals surface area (Å²) < 4.78 is 54.5. The van der Waals surface area contributed by atoms with Crippen molar-refractivity contribution in [1.29, 1.82) is 0 Å². The van der Waals surface area contributed by atoms with Gasteiger partial charge in [0, 0.05) is 6.54 Å². The van der Waals surface area contributed by atoms with Gasteiger partial charge in [0.05, 0.1) is 29.9 Å². The monoisotopic (exact) mass is 319 g/mol. The van der Waals surface area contributed by atoms with Gasteiger partial charge in [-0.25, -0.2) is 22.0 Å². The fraction of sp³-hybridized carbons (Fsp3) is 0.462. The average molecular weight is 319 g/mol. The molecule has 21 heavy (non-hydrogen) atoms. The van der Waals surface area contributed by atoms with Gasteiger partial charge in [-0.3, -0.25) is 0 Å². The van der Waals surface area contributed by atoms with E-state index in [1.165, 1.54) is 6.07 Å². The Kier molecular flexibility index (Phi) is 4.46. The van der Waals surface area contributed by atoms with Crippen molar-refractivity contribution in [3.05, 3.63) is 29.3 Å². The van der Waals surface area contributed by atoms with Gasteiger partial charge in [-0.05, 0) is 24.5 Å². The summed E-state index contributed by atoms with van der Waals surface area (Å²) in [5.41, 5.74) is -0.589. The predicted molar refractivity (Wildman–Crippen MR) is 72.9 cm³/mol. The molecule has 0 amide bonds. The zero-order valence-corrected chi connectivity index (χ0v) is 12.2. The highest BCUT2D eigenvalue weighted by Crippen LogP contribution is 2.23. The van der Waals surface area contributed by atoms with Crippen LogP contribution in [0.5, 0.6) is 0 Å². The molecule has 1 saturated heterocycles. The zero-order valence-electron chi connectivity index (χ0n) is 11.4. The fourth-order valence-corrected chi connectivity index (χ4v) is 4.10. The summed E-state index contributed by atoms with van der Waals surface area (Å²) in [7, 11) is -1.93. The van der Waals surface area contributed by atoms with Crippen LogP contribution >= 0.6 is 0 Å². The van der Waals surface area contributed by atoms with E-state index < -0.39 is 33.0 Å². The van der Waals surface area contributed by atoms with Crippen molar-refractivity contribution in [1.82, 2.24) is 0 Å². The average Bonchev–Trinajstić information content (AvgIpc) is 2.79. The first-order valence-corrected chi connectivity index (χ1v) is 8.17. The summed E-state index contributed by atoms with van der Waals surface area (Å²) >= 11 is 0. The van der Waals surface area contributed by atoms with Crippen LogP contribution in [-0.2, 0) is 14.6 Å². The lowest BCUT2D eigenvalue weighted by molar-refractivity contribution is 0.0594. The van der Waals surface area contributed by atoms with Crippen molar-refractivity contribution in [2.24, 2.45) is 5.92 Å². The normalized spacial score (nSPS) is 20.2. The first kappa shape index (κ1) is 15.7. The van der Waals surface area contributed by atoms with Crippen LogP contribution in [0.25, 0.3) is 0 Å². The third-order valence-corrected chi connectivity index (χ3v) is 5.23. The van der Waals surface area contributed by atoms with Crippen molar-refractivity contribution in [2.75, 3.05) is 30.5 Å². The molecule has 0 aromatic heterocycles. The molecule has 5 nitrogen and oxygen atoms in total. The molecule has 1 aliphatic heterocycles. The molecular weight excluding hydrogens is 304 g/mol. The van der Waals surface area contributed by atoms with Crippen molar-refractivity contribution >= 4 is 21.5 Å². The second kappa shape index (κ2) is 5.97. The number of rotatable bonds is 4. The van der Waals surface area contributed by atoms with Crippen LogP contribution in [-0.4, -0.2) is 39.5 Å². The Morgan fingerprint density at radius 3 is 2.67 bits per heavy atom. The molecule has 8 heteroatoms. The molecule has 1 N–H and O–H groups in total. The molecule has 0 saturated carbocycles. The van der Waals surface area contributed by atoms with Gasteiger partial charge in [-0.2, -0.15) is 0 Å². The lowest BCUT2D eigenvalue weighted by atomic mass is 10.1. The van der Waals surface area contributed by atoms with E-state index in [0.29, 0.717) is 6.42 Å². The molecule has 1 aromatic rings. The molecule has 1 atom stereocenters. The molecule has 116 valence electrons. The highest BCUT2D eigenvalue weighted by molar-refractivity contribution is 7.91. The molecule has 1 fully saturated rings. The van der Waals surface area contributed by atoms with E-state index in [4.69, 9.17) is 0 Å². The predicted octanol–water partition coefficient (Wildman–Crippen LogP) is 1.60. The minimum absolute atomic E-state index is 0.0460. The molecule has 0 radical (unpaired) electrons. The lowest BCUT2D eigenvalue weighted by Gasteiger charge is -2.12. The highest BCUT2D eigenvalue weighted by atomic mass is 32.2. The van der Waals surface area contributed by atoms with Gasteiger partial charge in [0.25, 0.3) is 0 Å². The van der Waals surface area contributed by atoms with Gasteiger partial charge in [-0.15, -0.1) is 0 Å². The second-order valence-electron chi connectivity index (χ2n) is 4.93. The minimum Gasteiger partial charge on any atom is -0.465 e. The summed E-state index contributed by atoms with van der Waals surface area (Å²) in [4.78, 5) is 11.2. The maximum atomic E-state index is 13.8. The summed E-state index contributed by atoms with van der Waals surface area (Å²) in [6.07, 6.45) is 0.500. The van der Waals surface area contributed by atoms with E-state index in [1.54, 1.807) is 0 Å². The summed E-state index contributed by atoms with van der Waals surface area (Å²) in [6.45, 7) is 0.229. The Bertz CT molecular complexity index is 660. The summed E-state index contributed by atoms with van der Waals surface area (Å²) in [5.74, 6) is -3.39. The van der Waals surface area contributed by atoms with Gasteiger partial charge in [-0.1, -0.05) is 0 Å². The third-order valence-electron chi connectivity index (χ3n) is 3.40. The Labute approximate surface area is 121 Å². The van der Waals surface area contributed by atoms with E-state index in [-0.39, 0.29) is 29.7 Å². The van der Waals surface area contributed by atoms with Crippen LogP contribution < -0.4 is 5.32 Å². The van der Waals surface area contributed by atoms with Crippen LogP contribution in [0.15, 0.2) is 12.1 Å². The van der Waals surface area contributed by atoms with Crippen LogP contribution in [0.3, 0.4) is 0 Å². The molecular formula is C13H15F2NO4S. The molecule has 1 aliphatic rings. The number of carbonyl (C=O) groups is 1. The number of ether oxygens (including phenoxy) is 1. The quantitative estimate of drug-likeness (QED) is 0.854.